The van der Waals surface area contributed by atoms with Crippen molar-refractivity contribution in [3.63, 3.8) is 0 Å². The Balaban J connectivity index is 1.64. The van der Waals surface area contributed by atoms with Crippen LogP contribution in [0.3, 0.4) is 0 Å². The first kappa shape index (κ1) is 22.0. The average molecular weight is 436 g/mol. The quantitative estimate of drug-likeness (QED) is 0.752. The number of carbonyl (C=O) groups excluding carboxylic acids is 1. The first-order valence-electron chi connectivity index (χ1n) is 9.67. The first-order chi connectivity index (χ1) is 14.2. The topological polar surface area (TPSA) is 78.9 Å². The Morgan fingerprint density at radius 2 is 1.73 bits per heavy atom. The number of aryl methyl sites for hydroxylation is 1. The number of rotatable bonds is 6. The lowest BCUT2D eigenvalue weighted by Crippen LogP contribution is -2.54. The first-order valence-corrected chi connectivity index (χ1v) is 11.2. The van der Waals surface area contributed by atoms with Gasteiger partial charge >= 0.3 is 0 Å². The monoisotopic (exact) mass is 435 g/mol. The fraction of sp³-hybridized carbons (Fsp3) is 0.381. The normalized spacial score (nSPS) is 15.7. The van der Waals surface area contributed by atoms with Crippen LogP contribution in [-0.4, -0.2) is 58.6 Å². The number of piperazine rings is 1. The second-order valence-electron chi connectivity index (χ2n) is 7.29. The maximum atomic E-state index is 13.1. The lowest BCUT2D eigenvalue weighted by Gasteiger charge is -2.37. The summed E-state index contributed by atoms with van der Waals surface area (Å²) in [6, 6.07) is 10.2. The largest absolute Gasteiger partial charge is 0.495 e. The van der Waals surface area contributed by atoms with Crippen molar-refractivity contribution in [2.75, 3.05) is 38.2 Å². The number of amides is 1. The predicted octanol–water partition coefficient (Wildman–Crippen LogP) is 2.16. The number of carbonyl (C=O) groups is 1. The van der Waals surface area contributed by atoms with Crippen molar-refractivity contribution in [3.8, 4) is 5.75 Å². The van der Waals surface area contributed by atoms with Crippen molar-refractivity contribution in [2.45, 2.75) is 24.8 Å². The van der Waals surface area contributed by atoms with Crippen LogP contribution >= 0.6 is 0 Å². The molecule has 2 aromatic rings. The van der Waals surface area contributed by atoms with Gasteiger partial charge < -0.3 is 14.5 Å². The van der Waals surface area contributed by atoms with E-state index in [1.165, 1.54) is 32.2 Å². The lowest BCUT2D eigenvalue weighted by molar-refractivity contribution is -0.132. The van der Waals surface area contributed by atoms with E-state index in [-0.39, 0.29) is 22.4 Å². The lowest BCUT2D eigenvalue weighted by atomic mass is 10.2. The molecular weight excluding hydrogens is 409 g/mol. The summed E-state index contributed by atoms with van der Waals surface area (Å²) < 4.78 is 46.4. The van der Waals surface area contributed by atoms with Gasteiger partial charge in [-0.2, -0.15) is 4.72 Å². The third-order valence-electron chi connectivity index (χ3n) is 5.09. The molecule has 0 aromatic heterocycles. The summed E-state index contributed by atoms with van der Waals surface area (Å²) >= 11 is 0. The van der Waals surface area contributed by atoms with Crippen LogP contribution in [0.5, 0.6) is 5.75 Å². The van der Waals surface area contributed by atoms with Gasteiger partial charge in [-0.05, 0) is 55.8 Å². The number of nitrogens with zero attached hydrogens (tertiary/aromatic N) is 2. The molecule has 1 N–H and O–H groups in total. The van der Waals surface area contributed by atoms with Gasteiger partial charge in [0.05, 0.1) is 13.2 Å². The highest BCUT2D eigenvalue weighted by molar-refractivity contribution is 7.89. The van der Waals surface area contributed by atoms with E-state index in [0.717, 1.165) is 11.3 Å². The third kappa shape index (κ3) is 4.91. The minimum atomic E-state index is -3.93. The molecule has 9 heteroatoms. The molecule has 7 nitrogen and oxygen atoms in total. The fourth-order valence-electron chi connectivity index (χ4n) is 3.45. The van der Waals surface area contributed by atoms with Crippen LogP contribution in [0, 0.1) is 12.7 Å². The van der Waals surface area contributed by atoms with Crippen LogP contribution in [0.25, 0.3) is 0 Å². The van der Waals surface area contributed by atoms with E-state index < -0.39 is 16.1 Å². The summed E-state index contributed by atoms with van der Waals surface area (Å²) in [6.45, 7) is 5.40. The van der Waals surface area contributed by atoms with Crippen molar-refractivity contribution < 1.29 is 22.3 Å². The number of ether oxygens (including phenoxy) is 1. The standard InChI is InChI=1S/C21H26FN3O4S/c1-15-4-9-19(29-3)20(14-15)30(27,28)23-16(2)21(26)25-12-10-24(11-13-25)18-7-5-17(22)6-8-18/h4-9,14,16,23H,10-13H2,1-3H3/t16-/m1/s1. The van der Waals surface area contributed by atoms with Gasteiger partial charge in [0.1, 0.15) is 16.5 Å². The minimum Gasteiger partial charge on any atom is -0.495 e. The maximum Gasteiger partial charge on any atom is 0.244 e. The molecule has 0 spiro atoms. The van der Waals surface area contributed by atoms with E-state index in [2.05, 4.69) is 9.62 Å². The molecule has 0 bridgehead atoms. The van der Waals surface area contributed by atoms with E-state index in [0.29, 0.717) is 26.2 Å². The van der Waals surface area contributed by atoms with Gasteiger partial charge in [-0.3, -0.25) is 4.79 Å². The second kappa shape index (κ2) is 9.01. The zero-order valence-corrected chi connectivity index (χ0v) is 18.1. The average Bonchev–Trinajstić information content (AvgIpc) is 2.73. The molecular formula is C21H26FN3O4S. The van der Waals surface area contributed by atoms with Crippen LogP contribution < -0.4 is 14.4 Å². The van der Waals surface area contributed by atoms with E-state index in [1.54, 1.807) is 36.1 Å². The molecule has 3 rings (SSSR count). The van der Waals surface area contributed by atoms with Crippen molar-refractivity contribution in [1.82, 2.24) is 9.62 Å². The third-order valence-corrected chi connectivity index (χ3v) is 6.66. The molecule has 1 heterocycles. The Bertz CT molecular complexity index is 1000. The molecule has 2 aromatic carbocycles. The van der Waals surface area contributed by atoms with Crippen molar-refractivity contribution in [2.24, 2.45) is 0 Å². The Hall–Kier alpha value is -2.65. The molecule has 0 aliphatic carbocycles. The predicted molar refractivity (Wildman–Crippen MR) is 113 cm³/mol. The van der Waals surface area contributed by atoms with E-state index >= 15 is 0 Å². The van der Waals surface area contributed by atoms with Crippen LogP contribution in [0.1, 0.15) is 12.5 Å². The molecule has 162 valence electrons. The molecule has 0 saturated carbocycles. The number of sulfonamides is 1. The Morgan fingerprint density at radius 3 is 2.33 bits per heavy atom. The van der Waals surface area contributed by atoms with E-state index in [9.17, 15) is 17.6 Å². The fourth-order valence-corrected chi connectivity index (χ4v) is 4.90. The van der Waals surface area contributed by atoms with Crippen LogP contribution in [-0.2, 0) is 14.8 Å². The molecule has 1 aliphatic heterocycles. The molecule has 0 unspecified atom stereocenters. The van der Waals surface area contributed by atoms with Gasteiger partial charge in [0.15, 0.2) is 0 Å². The number of benzene rings is 2. The summed E-state index contributed by atoms with van der Waals surface area (Å²) in [5.41, 5.74) is 1.66. The van der Waals surface area contributed by atoms with Crippen molar-refractivity contribution in [1.29, 1.82) is 0 Å². The summed E-state index contributed by atoms with van der Waals surface area (Å²) in [7, 11) is -2.53. The molecule has 30 heavy (non-hydrogen) atoms. The van der Waals surface area contributed by atoms with Crippen LogP contribution in [0.4, 0.5) is 10.1 Å². The number of hydrogen-bond acceptors (Lipinski definition) is 5. The number of nitrogens with one attached hydrogen (secondary N) is 1. The van der Waals surface area contributed by atoms with Crippen molar-refractivity contribution >= 4 is 21.6 Å². The zero-order valence-electron chi connectivity index (χ0n) is 17.3. The molecule has 1 atom stereocenters. The Kier molecular flexibility index (Phi) is 6.62. The van der Waals surface area contributed by atoms with Crippen molar-refractivity contribution in [3.05, 3.63) is 53.8 Å². The SMILES string of the molecule is COc1ccc(C)cc1S(=O)(=O)N[C@H](C)C(=O)N1CCN(c2ccc(F)cc2)CC1. The molecule has 1 fully saturated rings. The zero-order chi connectivity index (χ0) is 21.9. The van der Waals surface area contributed by atoms with Gasteiger partial charge in [0, 0.05) is 31.9 Å². The van der Waals surface area contributed by atoms with Gasteiger partial charge in [0.2, 0.25) is 15.9 Å². The number of hydrogen-bond donors (Lipinski definition) is 1. The highest BCUT2D eigenvalue weighted by Crippen LogP contribution is 2.25. The highest BCUT2D eigenvalue weighted by atomic mass is 32.2. The van der Waals surface area contributed by atoms with Crippen LogP contribution in [0.2, 0.25) is 0 Å². The van der Waals surface area contributed by atoms with E-state index in [1.807, 2.05) is 0 Å². The minimum absolute atomic E-state index is 0.00535. The van der Waals surface area contributed by atoms with Gasteiger partial charge in [-0.25, -0.2) is 12.8 Å². The number of anilines is 1. The van der Waals surface area contributed by atoms with Gasteiger partial charge in [-0.15, -0.1) is 0 Å². The Labute approximate surface area is 176 Å². The summed E-state index contributed by atoms with van der Waals surface area (Å²) in [5, 5.41) is 0. The van der Waals surface area contributed by atoms with Gasteiger partial charge in [-0.1, -0.05) is 6.07 Å². The molecule has 1 amide bonds. The second-order valence-corrected chi connectivity index (χ2v) is 8.97. The number of halogens is 1. The molecule has 1 aliphatic rings. The maximum absolute atomic E-state index is 13.1. The molecule has 0 radical (unpaired) electrons. The Morgan fingerprint density at radius 1 is 1.10 bits per heavy atom. The highest BCUT2D eigenvalue weighted by Gasteiger charge is 2.29. The number of methoxy groups -OCH3 is 1. The molecule has 1 saturated heterocycles. The van der Waals surface area contributed by atoms with Gasteiger partial charge in [0.25, 0.3) is 0 Å². The smallest absolute Gasteiger partial charge is 0.244 e. The summed E-state index contributed by atoms with van der Waals surface area (Å²) in [5.74, 6) is -0.358. The summed E-state index contributed by atoms with van der Waals surface area (Å²) in [4.78, 5) is 16.5. The summed E-state index contributed by atoms with van der Waals surface area (Å²) in [6.07, 6.45) is 0. The van der Waals surface area contributed by atoms with Crippen LogP contribution in [0.15, 0.2) is 47.4 Å². The van der Waals surface area contributed by atoms with E-state index in [4.69, 9.17) is 4.74 Å².